The molecule has 0 spiro atoms. The highest BCUT2D eigenvalue weighted by Crippen LogP contribution is 2.16. The third-order valence-corrected chi connectivity index (χ3v) is 2.51. The fourth-order valence-electron chi connectivity index (χ4n) is 1.47. The molecule has 0 saturated carbocycles. The van der Waals surface area contributed by atoms with E-state index in [0.717, 1.165) is 0 Å². The van der Waals surface area contributed by atoms with Gasteiger partial charge in [0.1, 0.15) is 0 Å². The monoisotopic (exact) mass is 232 g/mol. The van der Waals surface area contributed by atoms with Gasteiger partial charge in [-0.15, -0.1) is 0 Å². The second-order valence-corrected chi connectivity index (χ2v) is 4.27. The maximum Gasteiger partial charge on any atom is 0.432 e. The third-order valence-electron chi connectivity index (χ3n) is 2.17. The molecule has 2 rings (SSSR count). The number of hydrogen-bond donors (Lipinski definition) is 0. The second kappa shape index (κ2) is 7.17. The number of fused-ring (bicyclic) bond motifs is 1. The van der Waals surface area contributed by atoms with E-state index in [1.165, 1.54) is 16.3 Å². The predicted octanol–water partition coefficient (Wildman–Crippen LogP) is 2.96. The molecule has 16 heavy (non-hydrogen) atoms. The molecule has 2 aromatic rings. The Labute approximate surface area is 99.3 Å². The molecule has 0 aliphatic rings. The molecular weight excluding hydrogens is 216 g/mol. The topological polar surface area (TPSA) is 18.5 Å². The second-order valence-electron chi connectivity index (χ2n) is 3.29. The minimum Gasteiger partial charge on any atom is -0.396 e. The summed E-state index contributed by atoms with van der Waals surface area (Å²) in [5.41, 5.74) is 1.35. The Morgan fingerprint density at radius 3 is 2.06 bits per heavy atom. The Hall–Kier alpha value is -1.16. The van der Waals surface area contributed by atoms with Gasteiger partial charge >= 0.3 is 10.0 Å². The maximum atomic E-state index is 4.50. The van der Waals surface area contributed by atoms with E-state index in [-0.39, 0.29) is 10.0 Å². The standard InChI is InChI=1S/C11H10.C2H6O2Si/c1-9-5-4-7-10-6-2-3-8-11(9)10;1-3-5-4-2/h2-8H,1H3;1-2H3. The summed E-state index contributed by atoms with van der Waals surface area (Å²) in [6, 6.07) is 14.8. The normalized spacial score (nSPS) is 9.69. The Balaban J connectivity index is 0.000000221. The average molecular weight is 232 g/mol. The molecule has 0 bridgehead atoms. The first-order valence-corrected chi connectivity index (χ1v) is 5.86. The molecule has 2 aromatic carbocycles. The minimum atomic E-state index is 0.198. The highest BCUT2D eigenvalue weighted by molar-refractivity contribution is 6.17. The fraction of sp³-hybridized carbons (Fsp3) is 0.231. The Bertz CT molecular complexity index is 422. The lowest BCUT2D eigenvalue weighted by Crippen LogP contribution is -1.93. The van der Waals surface area contributed by atoms with Crippen molar-refractivity contribution in [1.29, 1.82) is 0 Å². The van der Waals surface area contributed by atoms with Crippen LogP contribution in [0.4, 0.5) is 0 Å². The van der Waals surface area contributed by atoms with Crippen molar-refractivity contribution >= 4 is 20.8 Å². The van der Waals surface area contributed by atoms with Gasteiger partial charge in [0.05, 0.1) is 0 Å². The van der Waals surface area contributed by atoms with Gasteiger partial charge in [0.15, 0.2) is 0 Å². The minimum absolute atomic E-state index is 0.198. The summed E-state index contributed by atoms with van der Waals surface area (Å²) in [6.07, 6.45) is 0. The molecule has 0 aromatic heterocycles. The fourth-order valence-corrected chi connectivity index (χ4v) is 1.64. The molecule has 2 nitrogen and oxygen atoms in total. The van der Waals surface area contributed by atoms with E-state index in [9.17, 15) is 0 Å². The molecule has 0 saturated heterocycles. The van der Waals surface area contributed by atoms with Gasteiger partial charge < -0.3 is 8.85 Å². The van der Waals surface area contributed by atoms with Crippen LogP contribution >= 0.6 is 0 Å². The molecule has 0 amide bonds. The first-order valence-electron chi connectivity index (χ1n) is 5.05. The van der Waals surface area contributed by atoms with Gasteiger partial charge in [-0.2, -0.15) is 0 Å². The molecule has 0 atom stereocenters. The Morgan fingerprint density at radius 2 is 1.50 bits per heavy atom. The van der Waals surface area contributed by atoms with Crippen molar-refractivity contribution in [2.75, 3.05) is 14.2 Å². The molecule has 84 valence electrons. The summed E-state index contributed by atoms with van der Waals surface area (Å²) in [6.45, 7) is 2.14. The van der Waals surface area contributed by atoms with Crippen LogP contribution in [0.1, 0.15) is 5.56 Å². The predicted molar refractivity (Wildman–Crippen MR) is 68.5 cm³/mol. The molecule has 3 heteroatoms. The Morgan fingerprint density at radius 1 is 0.875 bits per heavy atom. The van der Waals surface area contributed by atoms with E-state index in [4.69, 9.17) is 0 Å². The molecule has 0 aliphatic carbocycles. The van der Waals surface area contributed by atoms with Crippen LogP contribution in [0.3, 0.4) is 0 Å². The van der Waals surface area contributed by atoms with Gasteiger partial charge in [0.25, 0.3) is 0 Å². The van der Waals surface area contributed by atoms with E-state index in [2.05, 4.69) is 58.2 Å². The molecule has 0 fully saturated rings. The molecule has 0 heterocycles. The summed E-state index contributed by atoms with van der Waals surface area (Å²) in [5, 5.41) is 2.68. The van der Waals surface area contributed by atoms with E-state index in [1.807, 2.05) is 0 Å². The van der Waals surface area contributed by atoms with Crippen LogP contribution in [-0.2, 0) is 8.85 Å². The van der Waals surface area contributed by atoms with Gasteiger partial charge in [-0.3, -0.25) is 0 Å². The summed E-state index contributed by atoms with van der Waals surface area (Å²) in [7, 11) is 3.40. The van der Waals surface area contributed by atoms with Crippen molar-refractivity contribution in [3.63, 3.8) is 0 Å². The molecule has 2 radical (unpaired) electrons. The lowest BCUT2D eigenvalue weighted by Gasteiger charge is -1.98. The molecule has 0 N–H and O–H groups in total. The van der Waals surface area contributed by atoms with Crippen LogP contribution < -0.4 is 0 Å². The zero-order valence-electron chi connectivity index (χ0n) is 9.86. The average Bonchev–Trinajstić information content (AvgIpc) is 2.32. The first kappa shape index (κ1) is 12.9. The van der Waals surface area contributed by atoms with E-state index in [0.29, 0.717) is 0 Å². The van der Waals surface area contributed by atoms with Crippen molar-refractivity contribution in [3.8, 4) is 0 Å². The van der Waals surface area contributed by atoms with Gasteiger partial charge in [-0.25, -0.2) is 0 Å². The highest BCUT2D eigenvalue weighted by Gasteiger charge is 1.92. The maximum absolute atomic E-state index is 4.50. The van der Waals surface area contributed by atoms with Gasteiger partial charge in [0, 0.05) is 14.2 Å². The van der Waals surface area contributed by atoms with Gasteiger partial charge in [-0.1, -0.05) is 42.5 Å². The third kappa shape index (κ3) is 3.77. The van der Waals surface area contributed by atoms with E-state index >= 15 is 0 Å². The van der Waals surface area contributed by atoms with Crippen molar-refractivity contribution < 1.29 is 8.85 Å². The van der Waals surface area contributed by atoms with Gasteiger partial charge in [0.2, 0.25) is 0 Å². The van der Waals surface area contributed by atoms with Crippen molar-refractivity contribution in [2.45, 2.75) is 6.92 Å². The smallest absolute Gasteiger partial charge is 0.396 e. The molecule has 0 aliphatic heterocycles. The highest BCUT2D eigenvalue weighted by atomic mass is 28.3. The zero-order valence-corrected chi connectivity index (χ0v) is 10.9. The van der Waals surface area contributed by atoms with E-state index < -0.39 is 0 Å². The summed E-state index contributed by atoms with van der Waals surface area (Å²) in [5.74, 6) is 0. The first-order chi connectivity index (χ1) is 7.79. The summed E-state index contributed by atoms with van der Waals surface area (Å²) in [4.78, 5) is 0. The van der Waals surface area contributed by atoms with Crippen molar-refractivity contribution in [3.05, 3.63) is 48.0 Å². The summed E-state index contributed by atoms with van der Waals surface area (Å²) >= 11 is 0. The SMILES string of the molecule is CO[Si]OC.Cc1cccc2ccccc12. The zero-order chi connectivity index (χ0) is 11.8. The Kier molecular flexibility index (Phi) is 5.78. The van der Waals surface area contributed by atoms with Crippen molar-refractivity contribution in [1.82, 2.24) is 0 Å². The van der Waals surface area contributed by atoms with Crippen molar-refractivity contribution in [2.24, 2.45) is 0 Å². The van der Waals surface area contributed by atoms with Crippen LogP contribution in [0.5, 0.6) is 0 Å². The van der Waals surface area contributed by atoms with Crippen LogP contribution in [0.2, 0.25) is 0 Å². The van der Waals surface area contributed by atoms with Gasteiger partial charge in [-0.05, 0) is 23.3 Å². The molecule has 0 unspecified atom stereocenters. The van der Waals surface area contributed by atoms with Crippen LogP contribution in [0.25, 0.3) is 10.8 Å². The molecular formula is C13H16O2Si. The van der Waals surface area contributed by atoms with Crippen LogP contribution in [0, 0.1) is 6.92 Å². The lowest BCUT2D eigenvalue weighted by atomic mass is 10.1. The van der Waals surface area contributed by atoms with E-state index in [1.54, 1.807) is 14.2 Å². The van der Waals surface area contributed by atoms with Crippen LogP contribution in [-0.4, -0.2) is 24.2 Å². The number of rotatable bonds is 2. The lowest BCUT2D eigenvalue weighted by molar-refractivity contribution is 0.309. The number of aryl methyl sites for hydroxylation is 1. The number of benzene rings is 2. The number of hydrogen-bond acceptors (Lipinski definition) is 2. The quantitative estimate of drug-likeness (QED) is 0.741. The largest absolute Gasteiger partial charge is 0.432 e. The summed E-state index contributed by atoms with van der Waals surface area (Å²) < 4.78 is 8.99. The van der Waals surface area contributed by atoms with Crippen LogP contribution in [0.15, 0.2) is 42.5 Å².